The molecule has 2 aliphatic carbocycles. The fraction of sp³-hybridized carbons (Fsp3) is 0.889. The maximum Gasteiger partial charge on any atom is 0.321 e. The van der Waals surface area contributed by atoms with Crippen molar-refractivity contribution in [2.75, 3.05) is 5.88 Å². The molecule has 90 valence electrons. The van der Waals surface area contributed by atoms with Gasteiger partial charge in [0.25, 0.3) is 0 Å². The highest BCUT2D eigenvalue weighted by Gasteiger charge is 2.63. The second-order valence-corrected chi connectivity index (χ2v) is 6.91. The number of sulfonamides is 1. The van der Waals surface area contributed by atoms with E-state index in [4.69, 9.17) is 16.3 Å². The molecule has 0 aromatic carbocycles. The third-order valence-corrected chi connectivity index (χ3v) is 6.10. The van der Waals surface area contributed by atoms with Crippen LogP contribution in [0.1, 0.15) is 12.8 Å². The number of hydrogen-bond acceptors (Lipinski definition) is 4. The largest absolute Gasteiger partial charge is 0.459 e. The quantitative estimate of drug-likeness (QED) is 0.557. The molecule has 1 saturated heterocycles. The molecule has 0 spiro atoms. The van der Waals surface area contributed by atoms with Crippen molar-refractivity contribution in [1.82, 2.24) is 4.72 Å². The Morgan fingerprint density at radius 1 is 1.44 bits per heavy atom. The van der Waals surface area contributed by atoms with Crippen molar-refractivity contribution in [2.24, 2.45) is 11.8 Å². The Labute approximate surface area is 98.5 Å². The summed E-state index contributed by atoms with van der Waals surface area (Å²) in [5.41, 5.74) is 0. The van der Waals surface area contributed by atoms with E-state index in [1.165, 1.54) is 0 Å². The maximum absolute atomic E-state index is 11.7. The Morgan fingerprint density at radius 2 is 2.19 bits per heavy atom. The van der Waals surface area contributed by atoms with E-state index in [1.807, 2.05) is 0 Å². The monoisotopic (exact) mass is 265 g/mol. The van der Waals surface area contributed by atoms with Crippen LogP contribution in [-0.4, -0.2) is 37.7 Å². The van der Waals surface area contributed by atoms with Gasteiger partial charge in [-0.3, -0.25) is 4.79 Å². The van der Waals surface area contributed by atoms with Gasteiger partial charge in [-0.1, -0.05) is 0 Å². The van der Waals surface area contributed by atoms with E-state index in [1.54, 1.807) is 0 Å². The molecule has 0 aromatic heterocycles. The van der Waals surface area contributed by atoms with Gasteiger partial charge in [-0.2, -0.15) is 0 Å². The van der Waals surface area contributed by atoms with Crippen molar-refractivity contribution < 1.29 is 17.9 Å². The predicted octanol–water partition coefficient (Wildman–Crippen LogP) is -0.153. The van der Waals surface area contributed by atoms with E-state index in [2.05, 4.69) is 4.72 Å². The molecule has 1 N–H and O–H groups in total. The standard InChI is InChI=1S/C9H12ClNO4S/c10-3-7(12)15-9-4-1-5-6(2-4)16(13,14)11-8(5)9/h4-6,8-9,11H,1-3H2. The molecule has 2 saturated carbocycles. The highest BCUT2D eigenvalue weighted by atomic mass is 35.5. The summed E-state index contributed by atoms with van der Waals surface area (Å²) < 4.78 is 31.2. The molecule has 3 aliphatic rings. The number of fused-ring (bicyclic) bond motifs is 1. The summed E-state index contributed by atoms with van der Waals surface area (Å²) >= 11 is 5.38. The molecule has 1 heterocycles. The Bertz CT molecular complexity index is 437. The second kappa shape index (κ2) is 3.34. The number of alkyl halides is 1. The van der Waals surface area contributed by atoms with Crippen LogP contribution in [0.25, 0.3) is 0 Å². The van der Waals surface area contributed by atoms with E-state index in [-0.39, 0.29) is 35.1 Å². The smallest absolute Gasteiger partial charge is 0.321 e. The van der Waals surface area contributed by atoms with E-state index < -0.39 is 16.0 Å². The first-order valence-electron chi connectivity index (χ1n) is 5.29. The van der Waals surface area contributed by atoms with Crippen molar-refractivity contribution in [3.63, 3.8) is 0 Å². The van der Waals surface area contributed by atoms with Crippen LogP contribution in [0.2, 0.25) is 0 Å². The molecule has 5 unspecified atom stereocenters. The topological polar surface area (TPSA) is 72.5 Å². The van der Waals surface area contributed by atoms with E-state index >= 15 is 0 Å². The summed E-state index contributed by atoms with van der Waals surface area (Å²) in [6.07, 6.45) is 1.13. The second-order valence-electron chi connectivity index (χ2n) is 4.71. The van der Waals surface area contributed by atoms with Gasteiger partial charge in [-0.05, 0) is 24.7 Å². The maximum atomic E-state index is 11.7. The highest BCUT2D eigenvalue weighted by Crippen LogP contribution is 2.52. The number of carbonyl (C=O) groups is 1. The summed E-state index contributed by atoms with van der Waals surface area (Å²) in [6.45, 7) is 0. The van der Waals surface area contributed by atoms with Crippen LogP contribution >= 0.6 is 11.6 Å². The molecule has 5 nitrogen and oxygen atoms in total. The third-order valence-electron chi connectivity index (χ3n) is 3.94. The molecule has 7 heteroatoms. The zero-order valence-electron chi connectivity index (χ0n) is 8.43. The minimum Gasteiger partial charge on any atom is -0.459 e. The summed E-state index contributed by atoms with van der Waals surface area (Å²) in [5, 5.41) is -0.270. The summed E-state index contributed by atoms with van der Waals surface area (Å²) in [7, 11) is -3.18. The van der Waals surface area contributed by atoms with Gasteiger partial charge in [-0.15, -0.1) is 11.6 Å². The molecule has 3 fully saturated rings. The van der Waals surface area contributed by atoms with Gasteiger partial charge in [0.1, 0.15) is 12.0 Å². The number of rotatable bonds is 2. The molecular weight excluding hydrogens is 254 g/mol. The van der Waals surface area contributed by atoms with Gasteiger partial charge >= 0.3 is 5.97 Å². The van der Waals surface area contributed by atoms with Crippen molar-refractivity contribution >= 4 is 27.6 Å². The molecule has 2 bridgehead atoms. The average molecular weight is 266 g/mol. The molecular formula is C9H12ClNO4S. The Hall–Kier alpha value is -0.330. The number of hydrogen-bond donors (Lipinski definition) is 1. The fourth-order valence-corrected chi connectivity index (χ4v) is 5.56. The van der Waals surface area contributed by atoms with Crippen LogP contribution in [0.4, 0.5) is 0 Å². The number of esters is 1. The van der Waals surface area contributed by atoms with Crippen molar-refractivity contribution in [1.29, 1.82) is 0 Å². The molecule has 1 aliphatic heterocycles. The van der Waals surface area contributed by atoms with Crippen LogP contribution in [0, 0.1) is 11.8 Å². The Kier molecular flexibility index (Phi) is 2.25. The lowest BCUT2D eigenvalue weighted by atomic mass is 9.93. The number of carbonyl (C=O) groups excluding carboxylic acids is 1. The van der Waals surface area contributed by atoms with Crippen LogP contribution in [0.3, 0.4) is 0 Å². The van der Waals surface area contributed by atoms with Crippen LogP contribution < -0.4 is 4.72 Å². The summed E-state index contributed by atoms with van der Waals surface area (Å²) in [4.78, 5) is 11.1. The normalized spacial score (nSPS) is 47.2. The van der Waals surface area contributed by atoms with Crippen LogP contribution in [0.15, 0.2) is 0 Å². The zero-order chi connectivity index (χ0) is 11.5. The average Bonchev–Trinajstić information content (AvgIpc) is 2.81. The van der Waals surface area contributed by atoms with E-state index in [0.717, 1.165) is 6.42 Å². The summed E-state index contributed by atoms with van der Waals surface area (Å²) in [5.74, 6) is -0.363. The molecule has 3 rings (SSSR count). The molecule has 0 amide bonds. The fourth-order valence-electron chi connectivity index (χ4n) is 3.39. The number of nitrogens with one attached hydrogen (secondary N) is 1. The SMILES string of the molecule is O=C(CCl)OC1C2CC3C1NS(=O)(=O)C3C2. The van der Waals surface area contributed by atoms with Crippen molar-refractivity contribution in [3.05, 3.63) is 0 Å². The lowest BCUT2D eigenvalue weighted by Gasteiger charge is -2.25. The molecule has 0 radical (unpaired) electrons. The predicted molar refractivity (Wildman–Crippen MR) is 56.4 cm³/mol. The van der Waals surface area contributed by atoms with Gasteiger partial charge in [0, 0.05) is 0 Å². The Morgan fingerprint density at radius 3 is 2.88 bits per heavy atom. The van der Waals surface area contributed by atoms with Crippen molar-refractivity contribution in [3.8, 4) is 0 Å². The third kappa shape index (κ3) is 1.33. The minimum absolute atomic E-state index is 0.114. The molecule has 16 heavy (non-hydrogen) atoms. The molecule has 0 aromatic rings. The first-order valence-corrected chi connectivity index (χ1v) is 7.37. The first-order chi connectivity index (χ1) is 7.53. The number of halogens is 1. The number of ether oxygens (including phenoxy) is 1. The van der Waals surface area contributed by atoms with Gasteiger partial charge in [0.05, 0.1) is 11.3 Å². The minimum atomic E-state index is -3.18. The first kappa shape index (κ1) is 10.8. The van der Waals surface area contributed by atoms with Crippen LogP contribution in [-0.2, 0) is 19.6 Å². The van der Waals surface area contributed by atoms with Crippen molar-refractivity contribution in [2.45, 2.75) is 30.2 Å². The van der Waals surface area contributed by atoms with E-state index in [9.17, 15) is 13.2 Å². The van der Waals surface area contributed by atoms with Gasteiger partial charge < -0.3 is 4.74 Å². The van der Waals surface area contributed by atoms with Crippen LogP contribution in [0.5, 0.6) is 0 Å². The van der Waals surface area contributed by atoms with Gasteiger partial charge in [0.15, 0.2) is 0 Å². The van der Waals surface area contributed by atoms with Gasteiger partial charge in [0.2, 0.25) is 10.0 Å². The highest BCUT2D eigenvalue weighted by molar-refractivity contribution is 7.90. The Balaban J connectivity index is 1.84. The van der Waals surface area contributed by atoms with Gasteiger partial charge in [-0.25, -0.2) is 13.1 Å². The lowest BCUT2D eigenvalue weighted by Crippen LogP contribution is -2.41. The van der Waals surface area contributed by atoms with E-state index in [0.29, 0.717) is 6.42 Å². The summed E-state index contributed by atoms with van der Waals surface area (Å²) in [6, 6.07) is -0.221. The zero-order valence-corrected chi connectivity index (χ0v) is 10.00. The lowest BCUT2D eigenvalue weighted by molar-refractivity contribution is -0.149. The molecule has 5 atom stereocenters.